The lowest BCUT2D eigenvalue weighted by Gasteiger charge is -2.10. The second-order valence-corrected chi connectivity index (χ2v) is 8.68. The molecule has 4 rings (SSSR count). The minimum Gasteiger partial charge on any atom is -0.400 e. The van der Waals surface area contributed by atoms with Crippen molar-refractivity contribution < 1.29 is 14.3 Å². The number of hydrogen-bond donors (Lipinski definition) is 4. The van der Waals surface area contributed by atoms with Crippen LogP contribution in [0.1, 0.15) is 5.01 Å². The van der Waals surface area contributed by atoms with Gasteiger partial charge < -0.3 is 21.1 Å². The Morgan fingerprint density at radius 1 is 1.06 bits per heavy atom. The van der Waals surface area contributed by atoms with Crippen LogP contribution in [0.3, 0.4) is 0 Å². The first-order valence-corrected chi connectivity index (χ1v) is 11.9. The molecule has 0 fully saturated rings. The molecule has 0 aliphatic rings. The van der Waals surface area contributed by atoms with E-state index in [1.165, 1.54) is 12.1 Å². The number of pyridine rings is 1. The van der Waals surface area contributed by atoms with E-state index in [-0.39, 0.29) is 10.7 Å². The van der Waals surface area contributed by atoms with E-state index in [0.29, 0.717) is 5.69 Å². The third-order valence-corrected chi connectivity index (χ3v) is 6.18. The molecule has 0 unspecified atom stereocenters. The van der Waals surface area contributed by atoms with Crippen LogP contribution in [-0.2, 0) is 6.42 Å². The lowest BCUT2D eigenvalue weighted by molar-refractivity contribution is 0.262. The summed E-state index contributed by atoms with van der Waals surface area (Å²) in [7, 11) is 2.91. The molecule has 2 heterocycles. The SMILES string of the molecule is CNCCc1nc(-c2ccncc2)c(-c2cccc(NC(=O)Nc3ccc(Cl)cc3F)c2)s1.CO. The maximum Gasteiger partial charge on any atom is 0.323 e. The molecule has 35 heavy (non-hydrogen) atoms. The van der Waals surface area contributed by atoms with E-state index in [9.17, 15) is 9.18 Å². The van der Waals surface area contributed by atoms with Crippen molar-refractivity contribution in [3.63, 3.8) is 0 Å². The molecule has 4 aromatic rings. The van der Waals surface area contributed by atoms with E-state index < -0.39 is 11.8 Å². The van der Waals surface area contributed by atoms with Crippen LogP contribution in [-0.4, -0.2) is 41.8 Å². The summed E-state index contributed by atoms with van der Waals surface area (Å²) in [6.45, 7) is 0.825. The summed E-state index contributed by atoms with van der Waals surface area (Å²) in [6.07, 6.45) is 4.29. The molecule has 7 nitrogen and oxygen atoms in total. The van der Waals surface area contributed by atoms with Crippen LogP contribution in [0.4, 0.5) is 20.6 Å². The quantitative estimate of drug-likeness (QED) is 0.255. The van der Waals surface area contributed by atoms with Crippen molar-refractivity contribution in [3.8, 4) is 21.7 Å². The van der Waals surface area contributed by atoms with Gasteiger partial charge in [-0.2, -0.15) is 0 Å². The Kier molecular flexibility index (Phi) is 9.68. The predicted octanol–water partition coefficient (Wildman–Crippen LogP) is 5.68. The molecule has 2 amide bonds. The first-order chi connectivity index (χ1) is 17.0. The third kappa shape index (κ3) is 7.06. The zero-order chi connectivity index (χ0) is 25.2. The second kappa shape index (κ2) is 12.9. The summed E-state index contributed by atoms with van der Waals surface area (Å²) in [5.41, 5.74) is 3.39. The number of urea groups is 1. The Morgan fingerprint density at radius 2 is 1.83 bits per heavy atom. The zero-order valence-electron chi connectivity index (χ0n) is 19.2. The minimum atomic E-state index is -0.604. The first-order valence-electron chi connectivity index (χ1n) is 10.7. The number of nitrogens with one attached hydrogen (secondary N) is 3. The van der Waals surface area contributed by atoms with E-state index in [1.54, 1.807) is 29.8 Å². The molecule has 0 spiro atoms. The Bertz CT molecular complexity index is 1270. The molecular formula is C25H25ClFN5O2S. The summed E-state index contributed by atoms with van der Waals surface area (Å²) in [5.74, 6) is -0.604. The predicted molar refractivity (Wildman–Crippen MR) is 141 cm³/mol. The van der Waals surface area contributed by atoms with Gasteiger partial charge in [-0.1, -0.05) is 23.7 Å². The number of aliphatic hydroxyl groups excluding tert-OH is 1. The number of benzene rings is 2. The van der Waals surface area contributed by atoms with E-state index in [4.69, 9.17) is 21.7 Å². The Hall–Kier alpha value is -3.37. The average Bonchev–Trinajstić information content (AvgIpc) is 3.31. The summed E-state index contributed by atoms with van der Waals surface area (Å²) in [4.78, 5) is 22.4. The van der Waals surface area contributed by atoms with Crippen LogP contribution in [0.2, 0.25) is 5.02 Å². The van der Waals surface area contributed by atoms with Crippen molar-refractivity contribution in [3.05, 3.63) is 82.8 Å². The van der Waals surface area contributed by atoms with Crippen molar-refractivity contribution in [2.75, 3.05) is 31.3 Å². The van der Waals surface area contributed by atoms with Crippen LogP contribution in [0.25, 0.3) is 21.7 Å². The first kappa shape index (κ1) is 26.2. The zero-order valence-corrected chi connectivity index (χ0v) is 20.8. The van der Waals surface area contributed by atoms with Gasteiger partial charge in [-0.25, -0.2) is 14.2 Å². The van der Waals surface area contributed by atoms with Gasteiger partial charge in [-0.05, 0) is 55.1 Å². The van der Waals surface area contributed by atoms with Crippen molar-refractivity contribution in [2.45, 2.75) is 6.42 Å². The summed E-state index contributed by atoms with van der Waals surface area (Å²) < 4.78 is 14.0. The Balaban J connectivity index is 0.00000167. The summed E-state index contributed by atoms with van der Waals surface area (Å²) in [6, 6.07) is 14.9. The molecule has 2 aromatic carbocycles. The van der Waals surface area contributed by atoms with Gasteiger partial charge in [-0.15, -0.1) is 11.3 Å². The summed E-state index contributed by atoms with van der Waals surface area (Å²) in [5, 5.41) is 16.7. The van der Waals surface area contributed by atoms with Gasteiger partial charge in [-0.3, -0.25) is 4.98 Å². The fraction of sp³-hybridized carbons (Fsp3) is 0.160. The van der Waals surface area contributed by atoms with Gasteiger partial charge in [0.15, 0.2) is 0 Å². The fourth-order valence-electron chi connectivity index (χ4n) is 3.22. The minimum absolute atomic E-state index is 0.0460. The molecule has 0 radical (unpaired) electrons. The fourth-order valence-corrected chi connectivity index (χ4v) is 4.46. The third-order valence-electron chi connectivity index (χ3n) is 4.78. The molecule has 0 atom stereocenters. The molecule has 2 aromatic heterocycles. The van der Waals surface area contributed by atoms with Crippen molar-refractivity contribution in [2.24, 2.45) is 0 Å². The molecule has 0 saturated carbocycles. The average molecular weight is 514 g/mol. The number of anilines is 2. The van der Waals surface area contributed by atoms with Crippen molar-refractivity contribution >= 4 is 40.3 Å². The van der Waals surface area contributed by atoms with Crippen molar-refractivity contribution in [1.82, 2.24) is 15.3 Å². The smallest absolute Gasteiger partial charge is 0.323 e. The maximum absolute atomic E-state index is 14.0. The number of hydrogen-bond acceptors (Lipinski definition) is 6. The maximum atomic E-state index is 14.0. The summed E-state index contributed by atoms with van der Waals surface area (Å²) >= 11 is 7.39. The number of carbonyl (C=O) groups excluding carboxylic acids is 1. The topological polar surface area (TPSA) is 99.2 Å². The van der Waals surface area contributed by atoms with Gasteiger partial charge in [0, 0.05) is 48.7 Å². The molecular weight excluding hydrogens is 489 g/mol. The standard InChI is InChI=1S/C24H21ClFN5OS.CH4O/c1-27-10-9-21-31-22(15-7-11-28-12-8-15)23(33-21)16-3-2-4-18(13-16)29-24(32)30-20-6-5-17(25)14-19(20)26;1-2/h2-8,11-14,27H,9-10H2,1H3,(H2,29,30,32);2H,1H3. The van der Waals surface area contributed by atoms with Crippen LogP contribution in [0.5, 0.6) is 0 Å². The van der Waals surface area contributed by atoms with E-state index >= 15 is 0 Å². The Morgan fingerprint density at radius 3 is 2.54 bits per heavy atom. The van der Waals surface area contributed by atoms with Crippen LogP contribution in [0.15, 0.2) is 67.0 Å². The highest BCUT2D eigenvalue weighted by molar-refractivity contribution is 7.15. The molecule has 0 aliphatic heterocycles. The van der Waals surface area contributed by atoms with Crippen LogP contribution >= 0.6 is 22.9 Å². The monoisotopic (exact) mass is 513 g/mol. The lowest BCUT2D eigenvalue weighted by Crippen LogP contribution is -2.20. The molecule has 10 heteroatoms. The Labute approximate surface area is 212 Å². The second-order valence-electron chi connectivity index (χ2n) is 7.16. The highest BCUT2D eigenvalue weighted by Crippen LogP contribution is 2.37. The number of halogens is 2. The van der Waals surface area contributed by atoms with Gasteiger partial charge in [0.25, 0.3) is 0 Å². The molecule has 0 bridgehead atoms. The van der Waals surface area contributed by atoms with Crippen LogP contribution < -0.4 is 16.0 Å². The number of carbonyl (C=O) groups is 1. The van der Waals surface area contributed by atoms with E-state index in [2.05, 4.69) is 20.9 Å². The molecule has 182 valence electrons. The number of rotatable bonds is 7. The van der Waals surface area contributed by atoms with Crippen LogP contribution in [0, 0.1) is 5.82 Å². The number of amides is 2. The highest BCUT2D eigenvalue weighted by atomic mass is 35.5. The van der Waals surface area contributed by atoms with Gasteiger partial charge in [0.1, 0.15) is 5.82 Å². The van der Waals surface area contributed by atoms with Gasteiger partial charge in [0.2, 0.25) is 0 Å². The molecule has 0 saturated heterocycles. The highest BCUT2D eigenvalue weighted by Gasteiger charge is 2.16. The number of thiazole rings is 1. The van der Waals surface area contributed by atoms with Crippen molar-refractivity contribution in [1.29, 1.82) is 0 Å². The van der Waals surface area contributed by atoms with E-state index in [1.807, 2.05) is 37.4 Å². The lowest BCUT2D eigenvalue weighted by atomic mass is 10.1. The van der Waals surface area contributed by atoms with E-state index in [0.717, 1.165) is 52.8 Å². The molecule has 4 N–H and O–H groups in total. The number of aromatic nitrogens is 2. The number of aliphatic hydroxyl groups is 1. The largest absolute Gasteiger partial charge is 0.400 e. The number of likely N-dealkylation sites (N-methyl/N-ethyl adjacent to an activating group) is 1. The van der Waals surface area contributed by atoms with Gasteiger partial charge in [0.05, 0.1) is 21.3 Å². The van der Waals surface area contributed by atoms with Gasteiger partial charge >= 0.3 is 6.03 Å². The number of nitrogens with zero attached hydrogens (tertiary/aromatic N) is 2. The molecule has 0 aliphatic carbocycles. The normalized spacial score (nSPS) is 10.3.